The number of carboxylic acids is 1. The predicted octanol–water partition coefficient (Wildman–Crippen LogP) is 9.17. The van der Waals surface area contributed by atoms with E-state index in [4.69, 9.17) is 4.74 Å². The Hall–Kier alpha value is -3.00. The molecule has 6 fully saturated rings. The van der Waals surface area contributed by atoms with Crippen molar-refractivity contribution in [2.75, 3.05) is 37.7 Å². The number of benzene rings is 1. The molecular weight excluding hydrogens is 713 g/mol. The second-order valence-corrected chi connectivity index (χ2v) is 21.4. The minimum Gasteiger partial charge on any atom is -0.481 e. The van der Waals surface area contributed by atoms with Gasteiger partial charge in [0.25, 0.3) is 5.91 Å². The van der Waals surface area contributed by atoms with E-state index in [1.165, 1.54) is 24.8 Å². The first-order chi connectivity index (χ1) is 27.0. The highest BCUT2D eigenvalue weighted by Crippen LogP contribution is 2.74. The fourth-order valence-corrected chi connectivity index (χ4v) is 15.3. The van der Waals surface area contributed by atoms with Crippen LogP contribution in [0.2, 0.25) is 0 Å². The van der Waals surface area contributed by atoms with Crippen LogP contribution in [0.3, 0.4) is 0 Å². The molecule has 312 valence electrons. The fraction of sp³-hybridized carbons (Fsp3) is 0.755. The Balaban J connectivity index is 0.963. The summed E-state index contributed by atoms with van der Waals surface area (Å²) in [5, 5.41) is 12.8. The number of ether oxygens (including phenoxy) is 1. The van der Waals surface area contributed by atoms with E-state index >= 15 is 0 Å². The lowest BCUT2D eigenvalue weighted by Crippen LogP contribution is -2.62. The number of nitrogens with zero attached hydrogens (tertiary/aromatic N) is 1. The van der Waals surface area contributed by atoms with Crippen molar-refractivity contribution in [2.45, 2.75) is 126 Å². The number of morpholine rings is 1. The second kappa shape index (κ2) is 14.9. The molecule has 57 heavy (non-hydrogen) atoms. The van der Waals surface area contributed by atoms with Gasteiger partial charge in [0.1, 0.15) is 5.78 Å². The SMILES string of the molecule is CC(C)C1=C2C3CCC4C(C)(CCC5C(C)(C)C(CC(=O)C6CC(C(=O)O)C6C)CCC54C)C3CCC2(CCNC(=O)c2ccc(N3CCOCC3)cc2)CC1=O. The Morgan fingerprint density at radius 1 is 0.895 bits per heavy atom. The number of carbonyl (C=O) groups excluding carboxylic acids is 3. The number of ketones is 2. The monoisotopic (exact) mass is 783 g/mol. The second-order valence-electron chi connectivity index (χ2n) is 21.4. The molecule has 0 bridgehead atoms. The molecule has 11 atom stereocenters. The van der Waals surface area contributed by atoms with E-state index in [0.717, 1.165) is 76.1 Å². The fourth-order valence-electron chi connectivity index (χ4n) is 15.3. The average molecular weight is 783 g/mol. The van der Waals surface area contributed by atoms with Crippen LogP contribution < -0.4 is 10.2 Å². The normalized spacial score (nSPS) is 39.7. The lowest BCUT2D eigenvalue weighted by Gasteiger charge is -2.69. The molecule has 8 rings (SSSR count). The van der Waals surface area contributed by atoms with Crippen molar-refractivity contribution < 1.29 is 29.0 Å². The number of hydrogen-bond acceptors (Lipinski definition) is 6. The van der Waals surface area contributed by atoms with Gasteiger partial charge in [-0.25, -0.2) is 0 Å². The molecule has 6 aliphatic carbocycles. The van der Waals surface area contributed by atoms with Gasteiger partial charge >= 0.3 is 5.97 Å². The third kappa shape index (κ3) is 6.65. The van der Waals surface area contributed by atoms with Crippen LogP contribution in [0.5, 0.6) is 0 Å². The van der Waals surface area contributed by atoms with E-state index in [2.05, 4.69) is 51.8 Å². The number of carboxylic acid groups (broad SMARTS) is 1. The van der Waals surface area contributed by atoms with Crippen molar-refractivity contribution in [1.82, 2.24) is 5.32 Å². The molecule has 1 aliphatic heterocycles. The lowest BCUT2D eigenvalue weighted by atomic mass is 9.35. The minimum absolute atomic E-state index is 0.0438. The van der Waals surface area contributed by atoms with Gasteiger partial charge in [-0.3, -0.25) is 19.2 Å². The molecule has 0 radical (unpaired) electrons. The van der Waals surface area contributed by atoms with Gasteiger partial charge in [0, 0.05) is 55.1 Å². The number of aliphatic carboxylic acids is 1. The summed E-state index contributed by atoms with van der Waals surface area (Å²) in [6.07, 6.45) is 11.6. The van der Waals surface area contributed by atoms with Gasteiger partial charge in [0.05, 0.1) is 19.1 Å². The summed E-state index contributed by atoms with van der Waals surface area (Å²) in [6.45, 7) is 20.3. The molecule has 8 nitrogen and oxygen atoms in total. The third-order valence-corrected chi connectivity index (χ3v) is 18.3. The number of nitrogens with one attached hydrogen (secondary N) is 1. The van der Waals surface area contributed by atoms with Crippen LogP contribution in [-0.2, 0) is 19.1 Å². The quantitative estimate of drug-likeness (QED) is 0.244. The molecule has 1 heterocycles. The van der Waals surface area contributed by atoms with Gasteiger partial charge in [-0.1, -0.05) is 54.0 Å². The number of allylic oxidation sites excluding steroid dienone is 2. The van der Waals surface area contributed by atoms with E-state index in [9.17, 15) is 24.3 Å². The summed E-state index contributed by atoms with van der Waals surface area (Å²) in [4.78, 5) is 55.0. The Morgan fingerprint density at radius 2 is 1.60 bits per heavy atom. The first-order valence-electron chi connectivity index (χ1n) is 22.8. The van der Waals surface area contributed by atoms with Crippen molar-refractivity contribution in [3.63, 3.8) is 0 Å². The number of hydrogen-bond donors (Lipinski definition) is 2. The van der Waals surface area contributed by atoms with E-state index in [0.29, 0.717) is 72.5 Å². The number of carbonyl (C=O) groups is 4. The maximum absolute atomic E-state index is 14.0. The summed E-state index contributed by atoms with van der Waals surface area (Å²) in [7, 11) is 0. The van der Waals surface area contributed by atoms with Gasteiger partial charge in [-0.2, -0.15) is 0 Å². The molecule has 5 saturated carbocycles. The highest BCUT2D eigenvalue weighted by Gasteiger charge is 2.66. The van der Waals surface area contributed by atoms with Crippen LogP contribution in [0.4, 0.5) is 5.69 Å². The number of amides is 1. The maximum Gasteiger partial charge on any atom is 0.306 e. The molecule has 1 amide bonds. The van der Waals surface area contributed by atoms with Crippen molar-refractivity contribution in [2.24, 2.45) is 74.9 Å². The summed E-state index contributed by atoms with van der Waals surface area (Å²) in [5.41, 5.74) is 4.68. The summed E-state index contributed by atoms with van der Waals surface area (Å²) in [5.74, 6) is 2.00. The summed E-state index contributed by atoms with van der Waals surface area (Å²) < 4.78 is 5.50. The molecule has 8 heteroatoms. The molecule has 2 N–H and O–H groups in total. The molecular formula is C49H70N2O6. The Labute approximate surface area is 341 Å². The van der Waals surface area contributed by atoms with E-state index in [1.54, 1.807) is 0 Å². The van der Waals surface area contributed by atoms with Crippen molar-refractivity contribution in [1.29, 1.82) is 0 Å². The first kappa shape index (κ1) is 40.8. The topological polar surface area (TPSA) is 113 Å². The van der Waals surface area contributed by atoms with E-state index in [1.807, 2.05) is 31.2 Å². The smallest absolute Gasteiger partial charge is 0.306 e. The Morgan fingerprint density at radius 3 is 2.26 bits per heavy atom. The molecule has 7 aliphatic rings. The van der Waals surface area contributed by atoms with Crippen molar-refractivity contribution in [3.8, 4) is 0 Å². The molecule has 0 aromatic heterocycles. The van der Waals surface area contributed by atoms with Crippen LogP contribution in [0.25, 0.3) is 0 Å². The third-order valence-electron chi connectivity index (χ3n) is 18.3. The van der Waals surface area contributed by atoms with Crippen LogP contribution in [0.15, 0.2) is 35.4 Å². The number of anilines is 1. The van der Waals surface area contributed by atoms with E-state index in [-0.39, 0.29) is 51.2 Å². The van der Waals surface area contributed by atoms with Crippen LogP contribution in [-0.4, -0.2) is 61.4 Å². The zero-order chi connectivity index (χ0) is 40.7. The van der Waals surface area contributed by atoms with Crippen LogP contribution in [0.1, 0.15) is 136 Å². The van der Waals surface area contributed by atoms with Gasteiger partial charge in [-0.05, 0) is 152 Å². The zero-order valence-corrected chi connectivity index (χ0v) is 36.0. The number of Topliss-reactive ketones (excluding diaryl/α,β-unsaturated/α-hetero) is 2. The highest BCUT2D eigenvalue weighted by molar-refractivity contribution is 6.00. The highest BCUT2D eigenvalue weighted by atomic mass is 16.5. The van der Waals surface area contributed by atoms with Gasteiger partial charge in [-0.15, -0.1) is 0 Å². The molecule has 1 aromatic rings. The van der Waals surface area contributed by atoms with Crippen molar-refractivity contribution >= 4 is 29.1 Å². The molecule has 11 unspecified atom stereocenters. The van der Waals surface area contributed by atoms with Gasteiger partial charge in [0.15, 0.2) is 5.78 Å². The van der Waals surface area contributed by atoms with E-state index < -0.39 is 5.97 Å². The lowest BCUT2D eigenvalue weighted by molar-refractivity contribution is -0.193. The molecule has 0 spiro atoms. The zero-order valence-electron chi connectivity index (χ0n) is 36.0. The number of fused-ring (bicyclic) bond motifs is 7. The summed E-state index contributed by atoms with van der Waals surface area (Å²) in [6, 6.07) is 7.94. The van der Waals surface area contributed by atoms with Crippen molar-refractivity contribution in [3.05, 3.63) is 41.0 Å². The number of rotatable bonds is 10. The molecule has 1 saturated heterocycles. The van der Waals surface area contributed by atoms with Gasteiger partial charge < -0.3 is 20.1 Å². The average Bonchev–Trinajstić information content (AvgIpc) is 3.47. The first-order valence-corrected chi connectivity index (χ1v) is 22.8. The summed E-state index contributed by atoms with van der Waals surface area (Å²) >= 11 is 0. The molecule has 1 aromatic carbocycles. The maximum atomic E-state index is 14.0. The predicted molar refractivity (Wildman–Crippen MR) is 223 cm³/mol. The van der Waals surface area contributed by atoms with Crippen LogP contribution in [0, 0.1) is 74.9 Å². The Bertz CT molecular complexity index is 1790. The van der Waals surface area contributed by atoms with Crippen LogP contribution >= 0.6 is 0 Å². The standard InChI is InChI=1S/C49H70N2O6/c1-29(2)42-39(53)28-49(20-21-50-44(54)31-8-10-33(11-9-31)51-22-24-57-25-23-51)19-15-37-34(43(42)49)12-13-41-47(37,6)18-16-40-46(4,5)32(14-17-48(40,41)7)26-38(52)35-27-36(30(35)3)45(55)56/h8-11,29-30,32,34-37,40-41H,12-28H2,1-7H3,(H,50,54)(H,55,56). The van der Waals surface area contributed by atoms with Gasteiger partial charge in [0.2, 0.25) is 0 Å². The Kier molecular flexibility index (Phi) is 10.7. The largest absolute Gasteiger partial charge is 0.481 e. The minimum atomic E-state index is -0.758.